The monoisotopic (exact) mass is 416 g/mol. The maximum Gasteiger partial charge on any atom is 0.419 e. The van der Waals surface area contributed by atoms with Gasteiger partial charge in [-0.3, -0.25) is 14.2 Å². The van der Waals surface area contributed by atoms with Crippen LogP contribution in [0.25, 0.3) is 22.2 Å². The van der Waals surface area contributed by atoms with Crippen LogP contribution in [0.4, 0.5) is 5.69 Å². The summed E-state index contributed by atoms with van der Waals surface area (Å²) in [5.74, 6) is -1.56. The number of hydrogen-bond donors (Lipinski definition) is 1. The van der Waals surface area contributed by atoms with E-state index in [1.54, 1.807) is 30.3 Å². The number of ether oxygens (including phenoxy) is 1. The summed E-state index contributed by atoms with van der Waals surface area (Å²) in [5.41, 5.74) is 3.53. The van der Waals surface area contributed by atoms with Crippen molar-refractivity contribution in [2.75, 3.05) is 11.9 Å². The van der Waals surface area contributed by atoms with E-state index in [0.29, 0.717) is 16.8 Å². The molecule has 0 atom stereocenters. The first-order valence-corrected chi connectivity index (χ1v) is 9.80. The van der Waals surface area contributed by atoms with Crippen molar-refractivity contribution in [1.29, 1.82) is 0 Å². The largest absolute Gasteiger partial charge is 0.456 e. The van der Waals surface area contributed by atoms with E-state index in [0.717, 1.165) is 11.1 Å². The van der Waals surface area contributed by atoms with Crippen molar-refractivity contribution in [3.8, 4) is 11.1 Å². The smallest absolute Gasteiger partial charge is 0.419 e. The Kier molecular flexibility index (Phi) is 5.93. The molecule has 156 valence electrons. The van der Waals surface area contributed by atoms with Crippen molar-refractivity contribution in [3.05, 3.63) is 89.4 Å². The second kappa shape index (κ2) is 9.13. The average Bonchev–Trinajstić information content (AvgIpc) is 3.12. The maximum absolute atomic E-state index is 12.3. The Bertz CT molecular complexity index is 1270. The van der Waals surface area contributed by atoms with E-state index in [1.807, 2.05) is 48.5 Å². The first-order valence-electron chi connectivity index (χ1n) is 9.80. The molecule has 4 aromatic rings. The number of carbonyl (C=O) groups excluding carboxylic acids is 2. The van der Waals surface area contributed by atoms with Crippen LogP contribution in [0.5, 0.6) is 0 Å². The van der Waals surface area contributed by atoms with Gasteiger partial charge in [0, 0.05) is 17.8 Å². The van der Waals surface area contributed by atoms with Crippen molar-refractivity contribution in [2.24, 2.45) is 0 Å². The number of amides is 1. The van der Waals surface area contributed by atoms with Gasteiger partial charge in [-0.05, 0) is 23.8 Å². The molecule has 31 heavy (non-hydrogen) atoms. The number of oxazole rings is 1. The van der Waals surface area contributed by atoms with Crippen LogP contribution < -0.4 is 11.1 Å². The normalized spacial score (nSPS) is 10.7. The Hall–Kier alpha value is -4.13. The van der Waals surface area contributed by atoms with Crippen molar-refractivity contribution in [2.45, 2.75) is 13.0 Å². The third-order valence-corrected chi connectivity index (χ3v) is 4.76. The topological polar surface area (TPSA) is 90.5 Å². The molecule has 0 aliphatic rings. The molecule has 0 radical (unpaired) electrons. The molecule has 0 bridgehead atoms. The highest BCUT2D eigenvalue weighted by Gasteiger charge is 2.13. The van der Waals surface area contributed by atoms with E-state index in [2.05, 4.69) is 5.32 Å². The molecule has 0 fully saturated rings. The molecule has 4 rings (SSSR count). The standard InChI is InChI=1S/C24H20N2O5/c27-22(25-19-11-5-4-10-18(19)17-8-2-1-3-9-17)16-30-23(28)14-15-26-20-12-6-7-13-21(20)31-24(26)29/h1-13H,14-16H2,(H,25,27). The summed E-state index contributed by atoms with van der Waals surface area (Å²) in [6.45, 7) is -0.309. The lowest BCUT2D eigenvalue weighted by Gasteiger charge is -2.11. The van der Waals surface area contributed by atoms with Gasteiger partial charge in [0.25, 0.3) is 5.91 Å². The zero-order chi connectivity index (χ0) is 21.6. The molecule has 7 heteroatoms. The van der Waals surface area contributed by atoms with Gasteiger partial charge in [0.15, 0.2) is 12.2 Å². The third-order valence-electron chi connectivity index (χ3n) is 4.76. The van der Waals surface area contributed by atoms with E-state index < -0.39 is 24.2 Å². The zero-order valence-electron chi connectivity index (χ0n) is 16.6. The molecule has 0 spiro atoms. The van der Waals surface area contributed by atoms with Gasteiger partial charge in [-0.1, -0.05) is 60.7 Å². The van der Waals surface area contributed by atoms with Crippen LogP contribution in [0.2, 0.25) is 0 Å². The van der Waals surface area contributed by atoms with Crippen LogP contribution in [0, 0.1) is 0 Å². The van der Waals surface area contributed by atoms with Crippen LogP contribution in [0.15, 0.2) is 88.1 Å². The van der Waals surface area contributed by atoms with Gasteiger partial charge in [0.1, 0.15) is 0 Å². The zero-order valence-corrected chi connectivity index (χ0v) is 16.6. The van der Waals surface area contributed by atoms with Gasteiger partial charge in [0.2, 0.25) is 0 Å². The van der Waals surface area contributed by atoms with Crippen molar-refractivity contribution in [3.63, 3.8) is 0 Å². The number of hydrogen-bond acceptors (Lipinski definition) is 5. The molecule has 1 aromatic heterocycles. The second-order valence-electron chi connectivity index (χ2n) is 6.86. The van der Waals surface area contributed by atoms with E-state index in [4.69, 9.17) is 9.15 Å². The van der Waals surface area contributed by atoms with Crippen LogP contribution in [-0.2, 0) is 20.9 Å². The summed E-state index contributed by atoms with van der Waals surface area (Å²) in [5, 5.41) is 2.78. The minimum atomic E-state index is -0.580. The molecular weight excluding hydrogens is 396 g/mol. The van der Waals surface area contributed by atoms with Crippen LogP contribution in [-0.4, -0.2) is 23.1 Å². The SMILES string of the molecule is O=C(COC(=O)CCn1c(=O)oc2ccccc21)Nc1ccccc1-c1ccccc1. The summed E-state index contributed by atoms with van der Waals surface area (Å²) in [6.07, 6.45) is -0.0582. The van der Waals surface area contributed by atoms with Crippen molar-refractivity contribution >= 4 is 28.7 Å². The summed E-state index contributed by atoms with van der Waals surface area (Å²) < 4.78 is 11.6. The number of carbonyl (C=O) groups is 2. The highest BCUT2D eigenvalue weighted by molar-refractivity contribution is 5.96. The van der Waals surface area contributed by atoms with Crippen LogP contribution in [0.1, 0.15) is 6.42 Å². The second-order valence-corrected chi connectivity index (χ2v) is 6.86. The number of rotatable bonds is 7. The Balaban J connectivity index is 1.33. The molecule has 0 saturated heterocycles. The summed E-state index contributed by atoms with van der Waals surface area (Å²) >= 11 is 0. The van der Waals surface area contributed by atoms with Gasteiger partial charge in [-0.2, -0.15) is 0 Å². The fraction of sp³-hybridized carbons (Fsp3) is 0.125. The molecule has 1 heterocycles. The summed E-state index contributed by atoms with van der Waals surface area (Å²) in [6, 6.07) is 24.0. The predicted octanol–water partition coefficient (Wildman–Crippen LogP) is 3.83. The third kappa shape index (κ3) is 4.72. The molecule has 0 unspecified atom stereocenters. The lowest BCUT2D eigenvalue weighted by atomic mass is 10.0. The Morgan fingerprint density at radius 1 is 0.903 bits per heavy atom. The van der Waals surface area contributed by atoms with Gasteiger partial charge < -0.3 is 14.5 Å². The Morgan fingerprint density at radius 3 is 2.45 bits per heavy atom. The molecule has 3 aromatic carbocycles. The predicted molar refractivity (Wildman–Crippen MR) is 117 cm³/mol. The van der Waals surface area contributed by atoms with Gasteiger partial charge in [0.05, 0.1) is 11.9 Å². The number of benzene rings is 3. The molecule has 0 aliphatic carbocycles. The molecule has 0 saturated carbocycles. The van der Waals surface area contributed by atoms with Crippen LogP contribution in [0.3, 0.4) is 0 Å². The summed E-state index contributed by atoms with van der Waals surface area (Å²) in [7, 11) is 0. The highest BCUT2D eigenvalue weighted by atomic mass is 16.5. The maximum atomic E-state index is 12.3. The quantitative estimate of drug-likeness (QED) is 0.463. The van der Waals surface area contributed by atoms with Gasteiger partial charge in [-0.15, -0.1) is 0 Å². The minimum absolute atomic E-state index is 0.0582. The number of para-hydroxylation sites is 3. The Labute approximate surface area is 177 Å². The molecular formula is C24H20N2O5. The number of aryl methyl sites for hydroxylation is 1. The Morgan fingerprint density at radius 2 is 1.61 bits per heavy atom. The van der Waals surface area contributed by atoms with E-state index in [1.165, 1.54) is 4.57 Å². The first-order chi connectivity index (χ1) is 15.1. The number of fused-ring (bicyclic) bond motifs is 1. The lowest BCUT2D eigenvalue weighted by Crippen LogP contribution is -2.23. The molecule has 7 nitrogen and oxygen atoms in total. The van der Waals surface area contributed by atoms with Crippen LogP contribution >= 0.6 is 0 Å². The lowest BCUT2D eigenvalue weighted by molar-refractivity contribution is -0.147. The molecule has 1 amide bonds. The van der Waals surface area contributed by atoms with Gasteiger partial charge in [-0.25, -0.2) is 4.79 Å². The fourth-order valence-corrected chi connectivity index (χ4v) is 3.29. The average molecular weight is 416 g/mol. The number of aromatic nitrogens is 1. The van der Waals surface area contributed by atoms with E-state index in [9.17, 15) is 14.4 Å². The minimum Gasteiger partial charge on any atom is -0.456 e. The number of anilines is 1. The van der Waals surface area contributed by atoms with Gasteiger partial charge >= 0.3 is 11.7 Å². The number of esters is 1. The van der Waals surface area contributed by atoms with E-state index in [-0.39, 0.29) is 13.0 Å². The van der Waals surface area contributed by atoms with Crippen molar-refractivity contribution < 1.29 is 18.7 Å². The summed E-state index contributed by atoms with van der Waals surface area (Å²) in [4.78, 5) is 36.3. The molecule has 0 aliphatic heterocycles. The molecule has 1 N–H and O–H groups in total. The van der Waals surface area contributed by atoms with E-state index >= 15 is 0 Å². The fourth-order valence-electron chi connectivity index (χ4n) is 3.29. The van der Waals surface area contributed by atoms with Crippen molar-refractivity contribution in [1.82, 2.24) is 4.57 Å². The highest BCUT2D eigenvalue weighted by Crippen LogP contribution is 2.27. The number of nitrogens with zero attached hydrogens (tertiary/aromatic N) is 1. The number of nitrogens with one attached hydrogen (secondary N) is 1. The first kappa shape index (κ1) is 20.2.